The van der Waals surface area contributed by atoms with Gasteiger partial charge in [-0.3, -0.25) is 9.59 Å². The Morgan fingerprint density at radius 1 is 1.23 bits per heavy atom. The molecular weight excluding hydrogens is 340 g/mol. The Labute approximate surface area is 137 Å². The summed E-state index contributed by atoms with van der Waals surface area (Å²) in [5.74, 6) is -0.574. The van der Waals surface area contributed by atoms with E-state index in [-0.39, 0.29) is 11.7 Å². The van der Waals surface area contributed by atoms with Gasteiger partial charge in [0.25, 0.3) is 5.91 Å². The molecule has 0 unspecified atom stereocenters. The van der Waals surface area contributed by atoms with Crippen molar-refractivity contribution in [3.63, 3.8) is 0 Å². The quantitative estimate of drug-likeness (QED) is 0.544. The van der Waals surface area contributed by atoms with Crippen LogP contribution < -0.4 is 11.1 Å². The van der Waals surface area contributed by atoms with Crippen molar-refractivity contribution in [3.8, 4) is 0 Å². The van der Waals surface area contributed by atoms with E-state index in [0.717, 1.165) is 15.2 Å². The van der Waals surface area contributed by atoms with Crippen LogP contribution in [0.3, 0.4) is 0 Å². The summed E-state index contributed by atoms with van der Waals surface area (Å²) in [6.07, 6.45) is 1.49. The van der Waals surface area contributed by atoms with E-state index < -0.39 is 5.91 Å². The second-order valence-corrected chi connectivity index (χ2v) is 6.96. The predicted octanol–water partition coefficient (Wildman–Crippen LogP) is 2.58. The second-order valence-electron chi connectivity index (χ2n) is 4.18. The SMILES string of the molecule is NC(=O)c1ccsc1NC(=O)CSc1ncnc2sccc12. The number of aromatic nitrogens is 2. The highest BCUT2D eigenvalue weighted by Gasteiger charge is 2.13. The molecular formula is C13H10N4O2S3. The van der Waals surface area contributed by atoms with Crippen LogP contribution in [-0.2, 0) is 4.79 Å². The maximum atomic E-state index is 12.0. The highest BCUT2D eigenvalue weighted by atomic mass is 32.2. The summed E-state index contributed by atoms with van der Waals surface area (Å²) in [4.78, 5) is 32.5. The zero-order valence-electron chi connectivity index (χ0n) is 11.1. The van der Waals surface area contributed by atoms with Crippen LogP contribution in [0.15, 0.2) is 34.2 Å². The number of thiophene rings is 2. The number of nitrogens with zero attached hydrogens (tertiary/aromatic N) is 2. The fraction of sp³-hybridized carbons (Fsp3) is 0.0769. The van der Waals surface area contributed by atoms with Gasteiger partial charge in [-0.1, -0.05) is 11.8 Å². The van der Waals surface area contributed by atoms with Crippen LogP contribution in [0.4, 0.5) is 5.00 Å². The molecule has 0 saturated heterocycles. The molecule has 0 radical (unpaired) electrons. The Hall–Kier alpha value is -1.97. The zero-order chi connectivity index (χ0) is 15.5. The van der Waals surface area contributed by atoms with Gasteiger partial charge in [-0.25, -0.2) is 9.97 Å². The Morgan fingerprint density at radius 3 is 2.86 bits per heavy atom. The molecule has 0 aromatic carbocycles. The minimum absolute atomic E-state index is 0.193. The van der Waals surface area contributed by atoms with E-state index in [0.29, 0.717) is 10.6 Å². The Balaban J connectivity index is 1.66. The van der Waals surface area contributed by atoms with Crippen LogP contribution in [0.1, 0.15) is 10.4 Å². The predicted molar refractivity (Wildman–Crippen MR) is 89.6 cm³/mol. The van der Waals surface area contributed by atoms with E-state index in [9.17, 15) is 9.59 Å². The summed E-state index contributed by atoms with van der Waals surface area (Å²) in [5, 5.41) is 8.53. The largest absolute Gasteiger partial charge is 0.366 e. The maximum Gasteiger partial charge on any atom is 0.251 e. The number of rotatable bonds is 5. The number of nitrogens with two attached hydrogens (primary N) is 1. The lowest BCUT2D eigenvalue weighted by molar-refractivity contribution is -0.113. The standard InChI is InChI=1S/C13H10N4O2S3/c14-10(19)7-1-3-21-13(7)17-9(18)5-22-12-8-2-4-20-11(8)15-6-16-12/h1-4,6H,5H2,(H2,14,19)(H,17,18). The van der Waals surface area contributed by atoms with Gasteiger partial charge in [0, 0.05) is 5.39 Å². The van der Waals surface area contributed by atoms with E-state index in [1.54, 1.807) is 11.4 Å². The van der Waals surface area contributed by atoms with E-state index >= 15 is 0 Å². The van der Waals surface area contributed by atoms with Gasteiger partial charge in [-0.2, -0.15) is 0 Å². The van der Waals surface area contributed by atoms with Crippen LogP contribution >= 0.6 is 34.4 Å². The number of carbonyl (C=O) groups is 2. The third-order valence-corrected chi connectivity index (χ3v) is 5.40. The molecule has 2 amide bonds. The third kappa shape index (κ3) is 3.11. The number of anilines is 1. The van der Waals surface area contributed by atoms with Crippen LogP contribution in [0.2, 0.25) is 0 Å². The van der Waals surface area contributed by atoms with Crippen molar-refractivity contribution in [2.75, 3.05) is 11.1 Å². The van der Waals surface area contributed by atoms with Gasteiger partial charge >= 0.3 is 0 Å². The molecule has 3 heterocycles. The first-order valence-corrected chi connectivity index (χ1v) is 8.88. The van der Waals surface area contributed by atoms with Crippen molar-refractivity contribution < 1.29 is 9.59 Å². The van der Waals surface area contributed by atoms with Crippen LogP contribution in [-0.4, -0.2) is 27.5 Å². The lowest BCUT2D eigenvalue weighted by Crippen LogP contribution is -2.17. The highest BCUT2D eigenvalue weighted by molar-refractivity contribution is 8.00. The minimum Gasteiger partial charge on any atom is -0.366 e. The number of hydrogen-bond donors (Lipinski definition) is 2. The van der Waals surface area contributed by atoms with E-state index in [1.165, 1.54) is 40.8 Å². The number of thioether (sulfide) groups is 1. The van der Waals surface area contributed by atoms with Crippen LogP contribution in [0, 0.1) is 0 Å². The topological polar surface area (TPSA) is 98.0 Å². The van der Waals surface area contributed by atoms with Crippen LogP contribution in [0.25, 0.3) is 10.2 Å². The molecule has 0 saturated carbocycles. The lowest BCUT2D eigenvalue weighted by atomic mass is 10.3. The van der Waals surface area contributed by atoms with Gasteiger partial charge in [0.2, 0.25) is 5.91 Å². The molecule has 0 aliphatic rings. The third-order valence-electron chi connectivity index (χ3n) is 2.75. The maximum absolute atomic E-state index is 12.0. The van der Waals surface area contributed by atoms with E-state index in [4.69, 9.17) is 5.73 Å². The van der Waals surface area contributed by atoms with Gasteiger partial charge in [0.1, 0.15) is 21.2 Å². The summed E-state index contributed by atoms with van der Waals surface area (Å²) in [6, 6.07) is 3.53. The molecule has 22 heavy (non-hydrogen) atoms. The second kappa shape index (κ2) is 6.42. The first-order valence-electron chi connectivity index (χ1n) is 6.13. The van der Waals surface area contributed by atoms with Crippen molar-refractivity contribution >= 4 is 61.5 Å². The number of fused-ring (bicyclic) bond motifs is 1. The number of carbonyl (C=O) groups excluding carboxylic acids is 2. The van der Waals surface area contributed by atoms with Crippen molar-refractivity contribution in [2.24, 2.45) is 5.73 Å². The van der Waals surface area contributed by atoms with E-state index in [1.807, 2.05) is 11.4 Å². The Kier molecular flexibility index (Phi) is 4.36. The fourth-order valence-corrected chi connectivity index (χ4v) is 4.17. The molecule has 0 aliphatic carbocycles. The average Bonchev–Trinajstić information content (AvgIpc) is 3.13. The molecule has 0 aliphatic heterocycles. The lowest BCUT2D eigenvalue weighted by Gasteiger charge is -2.04. The zero-order valence-corrected chi connectivity index (χ0v) is 13.6. The van der Waals surface area contributed by atoms with Gasteiger partial charge in [0.05, 0.1) is 11.3 Å². The van der Waals surface area contributed by atoms with Gasteiger partial charge in [0.15, 0.2) is 0 Å². The summed E-state index contributed by atoms with van der Waals surface area (Å²) >= 11 is 4.13. The summed E-state index contributed by atoms with van der Waals surface area (Å²) in [7, 11) is 0. The number of nitrogens with one attached hydrogen (secondary N) is 1. The van der Waals surface area contributed by atoms with Crippen LogP contribution in [0.5, 0.6) is 0 Å². The molecule has 3 N–H and O–H groups in total. The fourth-order valence-electron chi connectivity index (χ4n) is 1.78. The Morgan fingerprint density at radius 2 is 2.05 bits per heavy atom. The van der Waals surface area contributed by atoms with Crippen molar-refractivity contribution in [3.05, 3.63) is 34.8 Å². The number of hydrogen-bond acceptors (Lipinski definition) is 7. The molecule has 0 atom stereocenters. The van der Waals surface area contributed by atoms with Crippen molar-refractivity contribution in [1.82, 2.24) is 9.97 Å². The van der Waals surface area contributed by atoms with Crippen molar-refractivity contribution in [2.45, 2.75) is 5.03 Å². The molecule has 0 bridgehead atoms. The normalized spacial score (nSPS) is 10.7. The average molecular weight is 350 g/mol. The summed E-state index contributed by atoms with van der Waals surface area (Å²) in [5.41, 5.74) is 5.57. The highest BCUT2D eigenvalue weighted by Crippen LogP contribution is 2.28. The minimum atomic E-state index is -0.556. The molecule has 112 valence electrons. The van der Waals surface area contributed by atoms with Gasteiger partial charge < -0.3 is 11.1 Å². The summed E-state index contributed by atoms with van der Waals surface area (Å²) in [6.45, 7) is 0. The summed E-state index contributed by atoms with van der Waals surface area (Å²) < 4.78 is 0. The Bertz CT molecular complexity index is 843. The molecule has 3 aromatic rings. The van der Waals surface area contributed by atoms with Gasteiger partial charge in [-0.05, 0) is 22.9 Å². The molecule has 6 nitrogen and oxygen atoms in total. The first-order chi connectivity index (χ1) is 10.6. The molecule has 0 spiro atoms. The number of primary amides is 1. The number of amides is 2. The molecule has 3 rings (SSSR count). The van der Waals surface area contributed by atoms with Gasteiger partial charge in [-0.15, -0.1) is 22.7 Å². The van der Waals surface area contributed by atoms with E-state index in [2.05, 4.69) is 15.3 Å². The smallest absolute Gasteiger partial charge is 0.251 e. The molecule has 3 aromatic heterocycles. The molecule has 9 heteroatoms. The molecule has 0 fully saturated rings. The first kappa shape index (κ1) is 14.9. The monoisotopic (exact) mass is 350 g/mol. The van der Waals surface area contributed by atoms with Crippen molar-refractivity contribution in [1.29, 1.82) is 0 Å².